The SMILES string of the molecule is CC1SCC(c2nc(N)c3c(n2)CCOC3)SC1C. The fourth-order valence-corrected chi connectivity index (χ4v) is 5.18. The molecule has 1 saturated heterocycles. The van der Waals surface area contributed by atoms with Crippen LogP contribution in [-0.4, -0.2) is 32.8 Å². The van der Waals surface area contributed by atoms with Gasteiger partial charge in [-0.2, -0.15) is 11.8 Å². The molecule has 0 spiro atoms. The van der Waals surface area contributed by atoms with Gasteiger partial charge in [-0.15, -0.1) is 11.8 Å². The second-order valence-electron chi connectivity index (χ2n) is 5.06. The third-order valence-corrected chi connectivity index (χ3v) is 7.10. The summed E-state index contributed by atoms with van der Waals surface area (Å²) in [5.74, 6) is 2.59. The number of hydrogen-bond donors (Lipinski definition) is 1. The molecule has 2 aliphatic heterocycles. The zero-order valence-electron chi connectivity index (χ0n) is 11.3. The number of nitrogens with zero attached hydrogens (tertiary/aromatic N) is 2. The second-order valence-corrected chi connectivity index (χ2v) is 8.06. The first-order valence-corrected chi connectivity index (χ1v) is 8.64. The molecule has 0 saturated carbocycles. The van der Waals surface area contributed by atoms with Crippen LogP contribution in [0.2, 0.25) is 0 Å². The lowest BCUT2D eigenvalue weighted by molar-refractivity contribution is 0.109. The topological polar surface area (TPSA) is 61.0 Å². The number of thioether (sulfide) groups is 2. The smallest absolute Gasteiger partial charge is 0.144 e. The molecule has 1 aromatic rings. The zero-order chi connectivity index (χ0) is 13.4. The molecular weight excluding hydrogens is 278 g/mol. The Kier molecular flexibility index (Phi) is 3.91. The Morgan fingerprint density at radius 3 is 2.89 bits per heavy atom. The minimum absolute atomic E-state index is 0.367. The molecule has 1 aromatic heterocycles. The van der Waals surface area contributed by atoms with E-state index in [1.54, 1.807) is 0 Å². The highest BCUT2D eigenvalue weighted by Crippen LogP contribution is 2.43. The van der Waals surface area contributed by atoms with E-state index in [9.17, 15) is 0 Å². The maximum absolute atomic E-state index is 6.06. The summed E-state index contributed by atoms with van der Waals surface area (Å²) in [5.41, 5.74) is 8.14. The van der Waals surface area contributed by atoms with Gasteiger partial charge in [0.25, 0.3) is 0 Å². The summed E-state index contributed by atoms with van der Waals surface area (Å²) in [6.45, 7) is 5.87. The summed E-state index contributed by atoms with van der Waals surface area (Å²) >= 11 is 3.98. The van der Waals surface area contributed by atoms with E-state index in [0.717, 1.165) is 35.9 Å². The lowest BCUT2D eigenvalue weighted by Crippen LogP contribution is -2.24. The maximum atomic E-state index is 6.06. The van der Waals surface area contributed by atoms with Crippen LogP contribution in [0, 0.1) is 0 Å². The van der Waals surface area contributed by atoms with Crippen molar-refractivity contribution in [3.8, 4) is 0 Å². The predicted octanol–water partition coefficient (Wildman–Crippen LogP) is 2.43. The summed E-state index contributed by atoms with van der Waals surface area (Å²) in [7, 11) is 0. The van der Waals surface area contributed by atoms with Gasteiger partial charge < -0.3 is 10.5 Å². The summed E-state index contributed by atoms with van der Waals surface area (Å²) in [4.78, 5) is 9.27. The van der Waals surface area contributed by atoms with Crippen molar-refractivity contribution in [2.45, 2.75) is 42.6 Å². The molecule has 0 aromatic carbocycles. The maximum Gasteiger partial charge on any atom is 0.144 e. The number of nitrogens with two attached hydrogens (primary N) is 1. The van der Waals surface area contributed by atoms with E-state index in [2.05, 4.69) is 18.8 Å². The van der Waals surface area contributed by atoms with Crippen LogP contribution in [0.5, 0.6) is 0 Å². The van der Waals surface area contributed by atoms with Gasteiger partial charge in [-0.05, 0) is 0 Å². The van der Waals surface area contributed by atoms with Crippen molar-refractivity contribution in [1.29, 1.82) is 0 Å². The molecule has 0 bridgehead atoms. The average Bonchev–Trinajstić information content (AvgIpc) is 2.42. The second kappa shape index (κ2) is 5.50. The molecule has 3 atom stereocenters. The first kappa shape index (κ1) is 13.5. The largest absolute Gasteiger partial charge is 0.383 e. The minimum Gasteiger partial charge on any atom is -0.383 e. The molecule has 104 valence electrons. The minimum atomic E-state index is 0.367. The lowest BCUT2D eigenvalue weighted by atomic mass is 10.1. The van der Waals surface area contributed by atoms with E-state index in [4.69, 9.17) is 15.5 Å². The highest BCUT2D eigenvalue weighted by molar-refractivity contribution is 8.07. The first-order chi connectivity index (χ1) is 9.15. The highest BCUT2D eigenvalue weighted by Gasteiger charge is 2.29. The third kappa shape index (κ3) is 2.71. The molecule has 19 heavy (non-hydrogen) atoms. The normalized spacial score (nSPS) is 30.9. The molecule has 1 fully saturated rings. The fourth-order valence-electron chi connectivity index (χ4n) is 2.34. The number of aromatic nitrogens is 2. The van der Waals surface area contributed by atoms with Crippen molar-refractivity contribution in [3.05, 3.63) is 17.1 Å². The van der Waals surface area contributed by atoms with Gasteiger partial charge in [0.15, 0.2) is 0 Å². The molecule has 4 nitrogen and oxygen atoms in total. The van der Waals surface area contributed by atoms with Crippen LogP contribution in [-0.2, 0) is 17.8 Å². The molecule has 0 radical (unpaired) electrons. The molecule has 6 heteroatoms. The Morgan fingerprint density at radius 1 is 1.26 bits per heavy atom. The van der Waals surface area contributed by atoms with Gasteiger partial charge in [0, 0.05) is 28.2 Å². The van der Waals surface area contributed by atoms with Crippen molar-refractivity contribution >= 4 is 29.3 Å². The van der Waals surface area contributed by atoms with Crippen LogP contribution in [0.3, 0.4) is 0 Å². The molecule has 0 aliphatic carbocycles. The van der Waals surface area contributed by atoms with Crippen molar-refractivity contribution in [2.75, 3.05) is 18.1 Å². The highest BCUT2D eigenvalue weighted by atomic mass is 32.2. The van der Waals surface area contributed by atoms with E-state index < -0.39 is 0 Å². The molecule has 2 N–H and O–H groups in total. The predicted molar refractivity (Wildman–Crippen MR) is 81.5 cm³/mol. The van der Waals surface area contributed by atoms with E-state index >= 15 is 0 Å². The van der Waals surface area contributed by atoms with Crippen LogP contribution in [0.4, 0.5) is 5.82 Å². The third-order valence-electron chi connectivity index (χ3n) is 3.71. The van der Waals surface area contributed by atoms with Crippen molar-refractivity contribution < 1.29 is 4.74 Å². The number of anilines is 1. The summed E-state index contributed by atoms with van der Waals surface area (Å²) in [6, 6.07) is 0. The fraction of sp³-hybridized carbons (Fsp3) is 0.692. The van der Waals surface area contributed by atoms with Gasteiger partial charge in [0.2, 0.25) is 0 Å². The average molecular weight is 297 g/mol. The van der Waals surface area contributed by atoms with Crippen LogP contribution < -0.4 is 5.73 Å². The molecule has 3 unspecified atom stereocenters. The Bertz CT molecular complexity index is 483. The number of ether oxygens (including phenoxy) is 1. The van der Waals surface area contributed by atoms with Crippen LogP contribution in [0.25, 0.3) is 0 Å². The molecule has 3 rings (SSSR count). The van der Waals surface area contributed by atoms with E-state index in [1.165, 1.54) is 0 Å². The van der Waals surface area contributed by atoms with E-state index in [-0.39, 0.29) is 0 Å². The quantitative estimate of drug-likeness (QED) is 0.859. The Morgan fingerprint density at radius 2 is 2.11 bits per heavy atom. The van der Waals surface area contributed by atoms with Gasteiger partial charge in [-0.3, -0.25) is 0 Å². The summed E-state index contributed by atoms with van der Waals surface area (Å²) in [5, 5.41) is 1.70. The number of rotatable bonds is 1. The number of nitrogen functional groups attached to an aromatic ring is 1. The van der Waals surface area contributed by atoms with E-state index in [1.807, 2.05) is 23.5 Å². The molecule has 3 heterocycles. The molecule has 2 aliphatic rings. The van der Waals surface area contributed by atoms with Crippen molar-refractivity contribution in [2.24, 2.45) is 0 Å². The Labute approximate surface area is 122 Å². The van der Waals surface area contributed by atoms with Crippen molar-refractivity contribution in [1.82, 2.24) is 9.97 Å². The standard InChI is InChI=1S/C13H19N3OS2/c1-7-8(2)19-11(6-18-7)13-15-10-3-4-17-5-9(10)12(14)16-13/h7-8,11H,3-6H2,1-2H3,(H2,14,15,16). The summed E-state index contributed by atoms with van der Waals surface area (Å²) < 4.78 is 5.42. The van der Waals surface area contributed by atoms with Crippen molar-refractivity contribution in [3.63, 3.8) is 0 Å². The number of hydrogen-bond acceptors (Lipinski definition) is 6. The van der Waals surface area contributed by atoms with Gasteiger partial charge in [0.05, 0.1) is 24.2 Å². The Hall–Kier alpha value is -0.460. The van der Waals surface area contributed by atoms with Crippen LogP contribution in [0.1, 0.15) is 36.2 Å². The Balaban J connectivity index is 1.87. The van der Waals surface area contributed by atoms with Gasteiger partial charge in [0.1, 0.15) is 11.6 Å². The van der Waals surface area contributed by atoms with Gasteiger partial charge in [-0.1, -0.05) is 13.8 Å². The van der Waals surface area contributed by atoms with Crippen LogP contribution >= 0.6 is 23.5 Å². The van der Waals surface area contributed by atoms with Gasteiger partial charge >= 0.3 is 0 Å². The van der Waals surface area contributed by atoms with Crippen LogP contribution in [0.15, 0.2) is 0 Å². The number of fused-ring (bicyclic) bond motifs is 1. The lowest BCUT2D eigenvalue weighted by Gasteiger charge is -2.31. The molecular formula is C13H19N3OS2. The first-order valence-electron chi connectivity index (χ1n) is 6.65. The van der Waals surface area contributed by atoms with E-state index in [0.29, 0.717) is 28.2 Å². The monoisotopic (exact) mass is 297 g/mol. The zero-order valence-corrected chi connectivity index (χ0v) is 12.9. The summed E-state index contributed by atoms with van der Waals surface area (Å²) in [6.07, 6.45) is 0.853. The van der Waals surface area contributed by atoms with Gasteiger partial charge in [-0.25, -0.2) is 9.97 Å². The molecule has 0 amide bonds.